The first-order valence-corrected chi connectivity index (χ1v) is 7.47. The number of anilines is 1. The molecule has 0 aliphatic carbocycles. The molecule has 0 fully saturated rings. The maximum absolute atomic E-state index is 12.9. The Hall–Kier alpha value is -1.80. The van der Waals surface area contributed by atoms with E-state index in [1.165, 1.54) is 30.1 Å². The summed E-state index contributed by atoms with van der Waals surface area (Å²) in [6, 6.07) is 4.66. The molecule has 1 aromatic heterocycles. The third-order valence-electron chi connectivity index (χ3n) is 2.63. The van der Waals surface area contributed by atoms with Gasteiger partial charge in [0.25, 0.3) is 5.91 Å². The summed E-state index contributed by atoms with van der Waals surface area (Å²) in [6.07, 6.45) is -1.68. The predicted molar refractivity (Wildman–Crippen MR) is 78.2 cm³/mol. The molecule has 1 N–H and O–H groups in total. The number of nitrogens with zero attached hydrogens (tertiary/aromatic N) is 2. The molecule has 2 aromatic rings. The molecule has 0 saturated heterocycles. The van der Waals surface area contributed by atoms with Crippen LogP contribution in [-0.4, -0.2) is 22.1 Å². The lowest BCUT2D eigenvalue weighted by Crippen LogP contribution is -2.17. The van der Waals surface area contributed by atoms with Gasteiger partial charge in [0.05, 0.1) is 16.8 Å². The van der Waals surface area contributed by atoms with Crippen LogP contribution >= 0.6 is 23.4 Å². The summed E-state index contributed by atoms with van der Waals surface area (Å²) in [5.41, 5.74) is -1.40. The molecule has 0 atom stereocenters. The van der Waals surface area contributed by atoms with Crippen LogP contribution in [0.4, 0.5) is 18.9 Å². The van der Waals surface area contributed by atoms with Crippen molar-refractivity contribution < 1.29 is 18.0 Å². The van der Waals surface area contributed by atoms with Crippen molar-refractivity contribution >= 4 is 35.0 Å². The van der Waals surface area contributed by atoms with Crippen LogP contribution < -0.4 is 5.32 Å². The second-order valence-electron chi connectivity index (χ2n) is 4.06. The molecule has 4 nitrogen and oxygen atoms in total. The Labute approximate surface area is 133 Å². The normalized spacial score (nSPS) is 11.3. The van der Waals surface area contributed by atoms with Crippen molar-refractivity contribution in [1.29, 1.82) is 0 Å². The highest BCUT2D eigenvalue weighted by molar-refractivity contribution is 7.98. The fraction of sp³-hybridized carbons (Fsp3) is 0.154. The number of carbonyl (C=O) groups is 1. The molecular formula is C13H9ClF3N3OS. The monoisotopic (exact) mass is 347 g/mol. The third kappa shape index (κ3) is 3.69. The zero-order chi connectivity index (χ0) is 16.3. The number of halogens is 4. The molecule has 2 rings (SSSR count). The molecule has 1 heterocycles. The molecule has 0 spiro atoms. The summed E-state index contributed by atoms with van der Waals surface area (Å²) in [7, 11) is 0. The topological polar surface area (TPSA) is 54.9 Å². The van der Waals surface area contributed by atoms with E-state index in [1.807, 2.05) is 0 Å². The number of nitrogens with one attached hydrogen (secondary N) is 1. The van der Waals surface area contributed by atoms with Gasteiger partial charge in [0.1, 0.15) is 5.15 Å². The Morgan fingerprint density at radius 3 is 2.59 bits per heavy atom. The molecule has 0 saturated carbocycles. The minimum Gasteiger partial charge on any atom is -0.321 e. The average molecular weight is 348 g/mol. The molecule has 116 valence electrons. The first kappa shape index (κ1) is 16.6. The van der Waals surface area contributed by atoms with E-state index >= 15 is 0 Å². The number of para-hydroxylation sites is 1. The molecular weight excluding hydrogens is 339 g/mol. The second-order valence-corrected chi connectivity index (χ2v) is 5.19. The lowest BCUT2D eigenvalue weighted by molar-refractivity contribution is -0.136. The molecule has 0 aliphatic heterocycles. The standard InChI is InChI=1S/C13H9ClF3N3OS/c1-22-12-18-6-7(10(14)20-12)11(21)19-9-5-3-2-4-8(9)13(15,16)17/h2-6H,1H3,(H,19,21). The van der Waals surface area contributed by atoms with Gasteiger partial charge in [-0.05, 0) is 18.4 Å². The number of amides is 1. The van der Waals surface area contributed by atoms with E-state index in [9.17, 15) is 18.0 Å². The van der Waals surface area contributed by atoms with Gasteiger partial charge in [0, 0.05) is 6.20 Å². The van der Waals surface area contributed by atoms with Crippen molar-refractivity contribution in [3.63, 3.8) is 0 Å². The molecule has 0 unspecified atom stereocenters. The van der Waals surface area contributed by atoms with Gasteiger partial charge in [-0.3, -0.25) is 4.79 Å². The smallest absolute Gasteiger partial charge is 0.321 e. The quantitative estimate of drug-likeness (QED) is 0.515. The van der Waals surface area contributed by atoms with E-state index < -0.39 is 17.6 Å². The fourth-order valence-corrected chi connectivity index (χ4v) is 2.23. The van der Waals surface area contributed by atoms with Crippen molar-refractivity contribution in [3.05, 3.63) is 46.7 Å². The summed E-state index contributed by atoms with van der Waals surface area (Å²) >= 11 is 7.08. The Morgan fingerprint density at radius 1 is 1.32 bits per heavy atom. The Kier molecular flexibility index (Phi) is 4.92. The van der Waals surface area contributed by atoms with E-state index in [1.54, 1.807) is 6.26 Å². The van der Waals surface area contributed by atoms with Gasteiger partial charge in [-0.25, -0.2) is 9.97 Å². The van der Waals surface area contributed by atoms with E-state index in [2.05, 4.69) is 15.3 Å². The zero-order valence-corrected chi connectivity index (χ0v) is 12.7. The summed E-state index contributed by atoms with van der Waals surface area (Å²) in [5.74, 6) is -0.811. The van der Waals surface area contributed by atoms with Gasteiger partial charge < -0.3 is 5.32 Å². The van der Waals surface area contributed by atoms with Crippen LogP contribution in [0.5, 0.6) is 0 Å². The summed E-state index contributed by atoms with van der Waals surface area (Å²) in [4.78, 5) is 19.8. The first-order chi connectivity index (χ1) is 10.3. The molecule has 0 radical (unpaired) electrons. The van der Waals surface area contributed by atoms with Gasteiger partial charge in [0.15, 0.2) is 5.16 Å². The Balaban J connectivity index is 2.30. The molecule has 0 bridgehead atoms. The maximum atomic E-state index is 12.9. The van der Waals surface area contributed by atoms with Gasteiger partial charge in [-0.2, -0.15) is 13.2 Å². The fourth-order valence-electron chi connectivity index (χ4n) is 1.63. The van der Waals surface area contributed by atoms with Crippen LogP contribution in [0.15, 0.2) is 35.6 Å². The summed E-state index contributed by atoms with van der Waals surface area (Å²) in [5, 5.41) is 2.42. The number of hydrogen-bond donors (Lipinski definition) is 1. The van der Waals surface area contributed by atoms with Crippen LogP contribution in [0.25, 0.3) is 0 Å². The first-order valence-electron chi connectivity index (χ1n) is 5.87. The third-order valence-corrected chi connectivity index (χ3v) is 3.48. The van der Waals surface area contributed by atoms with E-state index in [-0.39, 0.29) is 16.4 Å². The van der Waals surface area contributed by atoms with Gasteiger partial charge >= 0.3 is 6.18 Å². The van der Waals surface area contributed by atoms with Crippen molar-refractivity contribution in [1.82, 2.24) is 9.97 Å². The largest absolute Gasteiger partial charge is 0.418 e. The number of thioether (sulfide) groups is 1. The van der Waals surface area contributed by atoms with E-state index in [4.69, 9.17) is 11.6 Å². The van der Waals surface area contributed by atoms with Gasteiger partial charge in [-0.15, -0.1) is 0 Å². The Bertz CT molecular complexity index is 709. The van der Waals surface area contributed by atoms with Crippen molar-refractivity contribution in [2.24, 2.45) is 0 Å². The van der Waals surface area contributed by atoms with Crippen LogP contribution in [0, 0.1) is 0 Å². The highest BCUT2D eigenvalue weighted by atomic mass is 35.5. The predicted octanol–water partition coefficient (Wildman–Crippen LogP) is 4.12. The maximum Gasteiger partial charge on any atom is 0.418 e. The minimum absolute atomic E-state index is 0.101. The number of rotatable bonds is 3. The van der Waals surface area contributed by atoms with Crippen molar-refractivity contribution in [2.45, 2.75) is 11.3 Å². The summed E-state index contributed by atoms with van der Waals surface area (Å²) in [6.45, 7) is 0. The highest BCUT2D eigenvalue weighted by Crippen LogP contribution is 2.34. The molecule has 1 amide bonds. The molecule has 0 aliphatic rings. The van der Waals surface area contributed by atoms with Crippen LogP contribution in [0.2, 0.25) is 5.15 Å². The Morgan fingerprint density at radius 2 is 2.00 bits per heavy atom. The summed E-state index contributed by atoms with van der Waals surface area (Å²) < 4.78 is 38.6. The van der Waals surface area contributed by atoms with E-state index in [0.29, 0.717) is 5.16 Å². The van der Waals surface area contributed by atoms with Crippen LogP contribution in [0.1, 0.15) is 15.9 Å². The number of benzene rings is 1. The second kappa shape index (κ2) is 6.53. The number of carbonyl (C=O) groups excluding carboxylic acids is 1. The molecule has 9 heteroatoms. The van der Waals surface area contributed by atoms with Crippen LogP contribution in [0.3, 0.4) is 0 Å². The molecule has 22 heavy (non-hydrogen) atoms. The highest BCUT2D eigenvalue weighted by Gasteiger charge is 2.33. The molecule has 1 aromatic carbocycles. The van der Waals surface area contributed by atoms with Crippen molar-refractivity contribution in [2.75, 3.05) is 11.6 Å². The lowest BCUT2D eigenvalue weighted by Gasteiger charge is -2.13. The van der Waals surface area contributed by atoms with Gasteiger partial charge in [-0.1, -0.05) is 35.5 Å². The van der Waals surface area contributed by atoms with Crippen LogP contribution in [-0.2, 0) is 6.18 Å². The average Bonchev–Trinajstić information content (AvgIpc) is 2.46. The number of aromatic nitrogens is 2. The van der Waals surface area contributed by atoms with E-state index in [0.717, 1.165) is 12.1 Å². The van der Waals surface area contributed by atoms with Gasteiger partial charge in [0.2, 0.25) is 0 Å². The number of hydrogen-bond acceptors (Lipinski definition) is 4. The minimum atomic E-state index is -4.58. The number of alkyl halides is 3. The lowest BCUT2D eigenvalue weighted by atomic mass is 10.1. The SMILES string of the molecule is CSc1ncc(C(=O)Nc2ccccc2C(F)(F)F)c(Cl)n1. The van der Waals surface area contributed by atoms with Crippen molar-refractivity contribution in [3.8, 4) is 0 Å². The zero-order valence-electron chi connectivity index (χ0n) is 11.1.